The molecule has 0 aromatic heterocycles. The zero-order chi connectivity index (χ0) is 31.9. The van der Waals surface area contributed by atoms with Crippen molar-refractivity contribution in [3.63, 3.8) is 0 Å². The summed E-state index contributed by atoms with van der Waals surface area (Å²) in [7, 11) is 0. The minimum absolute atomic E-state index is 0.0651. The van der Waals surface area contributed by atoms with E-state index in [2.05, 4.69) is 21.3 Å². The summed E-state index contributed by atoms with van der Waals surface area (Å²) in [6.07, 6.45) is 8.44. The normalized spacial score (nSPS) is 13.7. The van der Waals surface area contributed by atoms with Gasteiger partial charge in [0.05, 0.1) is 12.8 Å². The smallest absolute Gasteiger partial charge is 0.303 e. The topological polar surface area (TPSA) is 191 Å². The summed E-state index contributed by atoms with van der Waals surface area (Å²) in [4.78, 5) is 70.5. The van der Waals surface area contributed by atoms with Gasteiger partial charge in [-0.05, 0) is 24.7 Å². The number of carbonyl (C=O) groups excluding carboxylic acids is 4. The van der Waals surface area contributed by atoms with Crippen molar-refractivity contribution in [2.75, 3.05) is 13.1 Å². The summed E-state index contributed by atoms with van der Waals surface area (Å²) < 4.78 is 0. The summed E-state index contributed by atoms with van der Waals surface area (Å²) >= 11 is 0. The van der Waals surface area contributed by atoms with Crippen LogP contribution in [0.5, 0.6) is 0 Å². The van der Waals surface area contributed by atoms with Crippen molar-refractivity contribution in [2.24, 2.45) is 11.8 Å². The quantitative estimate of drug-likeness (QED) is 0.0863. The lowest BCUT2D eigenvalue weighted by Gasteiger charge is -2.23. The molecule has 42 heavy (non-hydrogen) atoms. The summed E-state index contributed by atoms with van der Waals surface area (Å²) in [6.45, 7) is 8.68. The van der Waals surface area contributed by atoms with Gasteiger partial charge in [-0.1, -0.05) is 79.1 Å². The van der Waals surface area contributed by atoms with Crippen LogP contribution >= 0.6 is 0 Å². The SMILES string of the molecule is CCC(C)[C@H](NC(=O)CCC(=O)O)C(=O)NCCCCCCCCCCNC(=O)[C@@H](NC(=O)CCC(=O)O)C(C)CC. The van der Waals surface area contributed by atoms with Gasteiger partial charge in [0.1, 0.15) is 12.1 Å². The molecule has 0 aromatic rings. The maximum absolute atomic E-state index is 12.6. The van der Waals surface area contributed by atoms with Gasteiger partial charge in [0.2, 0.25) is 23.6 Å². The van der Waals surface area contributed by atoms with Crippen molar-refractivity contribution < 1.29 is 39.0 Å². The van der Waals surface area contributed by atoms with E-state index in [-0.39, 0.29) is 49.3 Å². The van der Waals surface area contributed by atoms with Crippen LogP contribution in [-0.2, 0) is 28.8 Å². The van der Waals surface area contributed by atoms with Gasteiger partial charge in [-0.25, -0.2) is 0 Å². The van der Waals surface area contributed by atoms with Crippen LogP contribution in [0.15, 0.2) is 0 Å². The molecule has 0 bridgehead atoms. The van der Waals surface area contributed by atoms with E-state index in [1.165, 1.54) is 0 Å². The summed E-state index contributed by atoms with van der Waals surface area (Å²) in [5.41, 5.74) is 0. The van der Waals surface area contributed by atoms with Gasteiger partial charge in [-0.15, -0.1) is 0 Å². The zero-order valence-electron chi connectivity index (χ0n) is 26.0. The molecule has 2 unspecified atom stereocenters. The molecule has 4 atom stereocenters. The monoisotopic (exact) mass is 598 g/mol. The third kappa shape index (κ3) is 19.0. The fourth-order valence-electron chi connectivity index (χ4n) is 4.29. The maximum atomic E-state index is 12.6. The lowest BCUT2D eigenvalue weighted by Crippen LogP contribution is -2.50. The molecule has 0 spiro atoms. The zero-order valence-corrected chi connectivity index (χ0v) is 26.0. The Morgan fingerprint density at radius 3 is 1.12 bits per heavy atom. The van der Waals surface area contributed by atoms with E-state index in [1.54, 1.807) is 0 Å². The number of hydrogen-bond donors (Lipinski definition) is 6. The fraction of sp³-hybridized carbons (Fsp3) is 0.800. The predicted octanol–water partition coefficient (Wildman–Crippen LogP) is 3.13. The highest BCUT2D eigenvalue weighted by molar-refractivity contribution is 5.89. The second-order valence-corrected chi connectivity index (χ2v) is 11.1. The molecule has 6 N–H and O–H groups in total. The molecule has 0 heterocycles. The van der Waals surface area contributed by atoms with Crippen LogP contribution in [0.2, 0.25) is 0 Å². The van der Waals surface area contributed by atoms with Gasteiger partial charge >= 0.3 is 11.9 Å². The Morgan fingerprint density at radius 1 is 0.524 bits per heavy atom. The van der Waals surface area contributed by atoms with E-state index in [1.807, 2.05) is 27.7 Å². The molecule has 12 heteroatoms. The summed E-state index contributed by atoms with van der Waals surface area (Å²) in [5.74, 6) is -3.58. The van der Waals surface area contributed by atoms with Gasteiger partial charge in [0, 0.05) is 25.9 Å². The molecule has 0 fully saturated rings. The molecule has 0 saturated carbocycles. The Hall–Kier alpha value is -3.18. The van der Waals surface area contributed by atoms with Crippen LogP contribution in [-0.4, -0.2) is 71.0 Å². The molecule has 242 valence electrons. The number of carbonyl (C=O) groups is 6. The lowest BCUT2D eigenvalue weighted by atomic mass is 9.98. The maximum Gasteiger partial charge on any atom is 0.303 e. The molecule has 0 radical (unpaired) electrons. The lowest BCUT2D eigenvalue weighted by molar-refractivity contribution is -0.139. The van der Waals surface area contributed by atoms with Crippen LogP contribution in [0.1, 0.15) is 118 Å². The number of nitrogens with one attached hydrogen (secondary N) is 4. The van der Waals surface area contributed by atoms with E-state index in [4.69, 9.17) is 10.2 Å². The number of hydrogen-bond acceptors (Lipinski definition) is 6. The number of unbranched alkanes of at least 4 members (excludes halogenated alkanes) is 7. The molecule has 4 amide bonds. The molecule has 12 nitrogen and oxygen atoms in total. The molecule has 0 saturated heterocycles. The molecule has 0 aliphatic rings. The predicted molar refractivity (Wildman–Crippen MR) is 159 cm³/mol. The van der Waals surface area contributed by atoms with Crippen LogP contribution in [0.3, 0.4) is 0 Å². The first-order valence-electron chi connectivity index (χ1n) is 15.5. The average molecular weight is 599 g/mol. The van der Waals surface area contributed by atoms with Crippen LogP contribution in [0, 0.1) is 11.8 Å². The van der Waals surface area contributed by atoms with Gasteiger partial charge in [-0.3, -0.25) is 28.8 Å². The highest BCUT2D eigenvalue weighted by Gasteiger charge is 2.26. The number of amides is 4. The Labute approximate surface area is 250 Å². The highest BCUT2D eigenvalue weighted by Crippen LogP contribution is 2.11. The van der Waals surface area contributed by atoms with E-state index in [0.717, 1.165) is 51.4 Å². The van der Waals surface area contributed by atoms with Crippen molar-refractivity contribution >= 4 is 35.6 Å². The van der Waals surface area contributed by atoms with Crippen LogP contribution < -0.4 is 21.3 Å². The van der Waals surface area contributed by atoms with Crippen LogP contribution in [0.4, 0.5) is 0 Å². The summed E-state index contributed by atoms with van der Waals surface area (Å²) in [6, 6.07) is -1.35. The van der Waals surface area contributed by atoms with Crippen LogP contribution in [0.25, 0.3) is 0 Å². The van der Waals surface area contributed by atoms with E-state index < -0.39 is 35.8 Å². The molecular formula is C30H54N4O8. The number of carboxylic acids is 2. The highest BCUT2D eigenvalue weighted by atomic mass is 16.4. The largest absolute Gasteiger partial charge is 0.481 e. The number of rotatable bonds is 25. The van der Waals surface area contributed by atoms with Crippen molar-refractivity contribution in [3.05, 3.63) is 0 Å². The molecule has 0 aliphatic heterocycles. The Kier molecular flexibility index (Phi) is 21.6. The Morgan fingerprint density at radius 2 is 0.833 bits per heavy atom. The third-order valence-electron chi connectivity index (χ3n) is 7.46. The first-order valence-corrected chi connectivity index (χ1v) is 15.5. The van der Waals surface area contributed by atoms with Gasteiger partial charge < -0.3 is 31.5 Å². The fourth-order valence-corrected chi connectivity index (χ4v) is 4.29. The second kappa shape index (κ2) is 23.4. The first-order chi connectivity index (χ1) is 19.9. The van der Waals surface area contributed by atoms with E-state index in [0.29, 0.717) is 25.9 Å². The van der Waals surface area contributed by atoms with Crippen molar-refractivity contribution in [1.29, 1.82) is 0 Å². The Balaban J connectivity index is 4.08. The Bertz CT molecular complexity index is 783. The molecule has 0 aromatic carbocycles. The van der Waals surface area contributed by atoms with Gasteiger partial charge in [-0.2, -0.15) is 0 Å². The minimum atomic E-state index is -1.05. The first kappa shape index (κ1) is 38.8. The average Bonchev–Trinajstić information content (AvgIpc) is 2.95. The van der Waals surface area contributed by atoms with E-state index >= 15 is 0 Å². The van der Waals surface area contributed by atoms with Gasteiger partial charge in [0.25, 0.3) is 0 Å². The van der Waals surface area contributed by atoms with E-state index in [9.17, 15) is 28.8 Å². The number of carboxylic acid groups (broad SMARTS) is 2. The minimum Gasteiger partial charge on any atom is -0.481 e. The second-order valence-electron chi connectivity index (χ2n) is 11.1. The standard InChI is InChI=1S/C30H54N4O8/c1-5-21(3)27(33-23(35)15-17-25(37)38)29(41)31-19-13-11-9-7-8-10-12-14-20-32-30(42)28(22(4)6-2)34-24(36)16-18-26(39)40/h21-22,27-28H,5-20H2,1-4H3,(H,31,41)(H,32,42)(H,33,35)(H,34,36)(H,37,38)(H,39,40)/t21?,22?,27-,28-/m0/s1. The van der Waals surface area contributed by atoms with Crippen molar-refractivity contribution in [3.8, 4) is 0 Å². The number of aliphatic carboxylic acids is 2. The molecule has 0 rings (SSSR count). The molecular weight excluding hydrogens is 544 g/mol. The molecule has 0 aliphatic carbocycles. The van der Waals surface area contributed by atoms with Crippen molar-refractivity contribution in [2.45, 2.75) is 130 Å². The van der Waals surface area contributed by atoms with Gasteiger partial charge in [0.15, 0.2) is 0 Å². The summed E-state index contributed by atoms with van der Waals surface area (Å²) in [5, 5.41) is 28.6. The third-order valence-corrected chi connectivity index (χ3v) is 7.46. The van der Waals surface area contributed by atoms with Crippen molar-refractivity contribution in [1.82, 2.24) is 21.3 Å².